The van der Waals surface area contributed by atoms with Crippen LogP contribution in [0.15, 0.2) is 24.3 Å². The Bertz CT molecular complexity index is 590. The molecule has 0 atom stereocenters. The van der Waals surface area contributed by atoms with Crippen LogP contribution >= 0.6 is 0 Å². The van der Waals surface area contributed by atoms with Gasteiger partial charge in [-0.2, -0.15) is 5.10 Å². The number of rotatable bonds is 2. The topological polar surface area (TPSA) is 58.0 Å². The van der Waals surface area contributed by atoms with Crippen LogP contribution in [-0.2, 0) is 0 Å². The van der Waals surface area contributed by atoms with Crippen molar-refractivity contribution in [3.63, 3.8) is 0 Å². The Balaban J connectivity index is 2.62. The van der Waals surface area contributed by atoms with E-state index in [4.69, 9.17) is 0 Å². The first-order valence-electron chi connectivity index (χ1n) is 5.03. The molecule has 0 aliphatic carbocycles. The second-order valence-corrected chi connectivity index (χ2v) is 3.79. The Morgan fingerprint density at radius 3 is 2.59 bits per heavy atom. The van der Waals surface area contributed by atoms with Crippen molar-refractivity contribution in [1.82, 2.24) is 9.78 Å². The number of carbonyl (C=O) groups excluding carboxylic acids is 1. The van der Waals surface area contributed by atoms with E-state index in [1.165, 1.54) is 16.8 Å². The molecule has 1 aromatic heterocycles. The van der Waals surface area contributed by atoms with E-state index in [0.29, 0.717) is 0 Å². The smallest absolute Gasteiger partial charge is 0.148 e. The number of aryl methyl sites for hydroxylation is 2. The SMILES string of the molecule is Cc1cc(C)n(-c2cc(C(=O)[O-])ccc2F)n1. The van der Waals surface area contributed by atoms with Crippen molar-refractivity contribution >= 4 is 5.97 Å². The van der Waals surface area contributed by atoms with E-state index in [0.717, 1.165) is 17.5 Å². The maximum Gasteiger partial charge on any atom is 0.148 e. The molecule has 0 N–H and O–H groups in total. The zero-order valence-electron chi connectivity index (χ0n) is 9.40. The number of nitrogens with zero attached hydrogens (tertiary/aromatic N) is 2. The van der Waals surface area contributed by atoms with Crippen LogP contribution < -0.4 is 5.11 Å². The maximum absolute atomic E-state index is 13.6. The first kappa shape index (κ1) is 11.3. The van der Waals surface area contributed by atoms with Crippen LogP contribution in [0.25, 0.3) is 5.69 Å². The molecule has 88 valence electrons. The summed E-state index contributed by atoms with van der Waals surface area (Å²) in [6.07, 6.45) is 0. The summed E-state index contributed by atoms with van der Waals surface area (Å²) in [5.41, 5.74) is 1.50. The lowest BCUT2D eigenvalue weighted by molar-refractivity contribution is -0.255. The van der Waals surface area contributed by atoms with Crippen molar-refractivity contribution in [3.8, 4) is 5.69 Å². The third-order valence-corrected chi connectivity index (χ3v) is 2.42. The summed E-state index contributed by atoms with van der Waals surface area (Å²) in [5, 5.41) is 14.8. The average Bonchev–Trinajstić information content (AvgIpc) is 2.58. The van der Waals surface area contributed by atoms with Gasteiger partial charge in [-0.25, -0.2) is 9.07 Å². The number of carboxylic acids is 1. The largest absolute Gasteiger partial charge is 0.545 e. The van der Waals surface area contributed by atoms with Crippen molar-refractivity contribution < 1.29 is 14.3 Å². The number of aromatic carboxylic acids is 1. The van der Waals surface area contributed by atoms with Crippen LogP contribution in [-0.4, -0.2) is 15.7 Å². The van der Waals surface area contributed by atoms with Crippen molar-refractivity contribution in [2.45, 2.75) is 13.8 Å². The minimum absolute atomic E-state index is 0.0750. The van der Waals surface area contributed by atoms with Crippen LogP contribution in [0.1, 0.15) is 21.7 Å². The summed E-state index contributed by atoms with van der Waals surface area (Å²) in [6.45, 7) is 3.55. The van der Waals surface area contributed by atoms with Crippen molar-refractivity contribution in [2.24, 2.45) is 0 Å². The highest BCUT2D eigenvalue weighted by atomic mass is 19.1. The molecule has 0 aliphatic heterocycles. The molecule has 0 unspecified atom stereocenters. The molecule has 0 radical (unpaired) electrons. The van der Waals surface area contributed by atoms with E-state index >= 15 is 0 Å². The second-order valence-electron chi connectivity index (χ2n) is 3.79. The number of aromatic nitrogens is 2. The molecule has 0 amide bonds. The zero-order valence-corrected chi connectivity index (χ0v) is 9.40. The molecule has 0 saturated heterocycles. The van der Waals surface area contributed by atoms with E-state index in [2.05, 4.69) is 5.10 Å². The lowest BCUT2D eigenvalue weighted by atomic mass is 10.2. The van der Waals surface area contributed by atoms with Gasteiger partial charge in [-0.15, -0.1) is 0 Å². The summed E-state index contributed by atoms with van der Waals surface area (Å²) < 4.78 is 15.0. The fraction of sp³-hybridized carbons (Fsp3) is 0.167. The summed E-state index contributed by atoms with van der Waals surface area (Å²) >= 11 is 0. The molecule has 2 aromatic rings. The summed E-state index contributed by atoms with van der Waals surface area (Å²) in [4.78, 5) is 10.7. The number of carbonyl (C=O) groups is 1. The van der Waals surface area contributed by atoms with E-state index in [9.17, 15) is 14.3 Å². The van der Waals surface area contributed by atoms with Gasteiger partial charge in [0.1, 0.15) is 11.5 Å². The predicted molar refractivity (Wildman–Crippen MR) is 57.3 cm³/mol. The van der Waals surface area contributed by atoms with Crippen molar-refractivity contribution in [2.75, 3.05) is 0 Å². The molecule has 0 bridgehead atoms. The zero-order chi connectivity index (χ0) is 12.6. The van der Waals surface area contributed by atoms with Crippen LogP contribution in [0.3, 0.4) is 0 Å². The van der Waals surface area contributed by atoms with Gasteiger partial charge >= 0.3 is 0 Å². The third kappa shape index (κ3) is 2.04. The van der Waals surface area contributed by atoms with Crippen LogP contribution in [0.2, 0.25) is 0 Å². The molecule has 5 heteroatoms. The Morgan fingerprint density at radius 2 is 2.06 bits per heavy atom. The molecule has 17 heavy (non-hydrogen) atoms. The number of carboxylic acid groups (broad SMARTS) is 1. The molecule has 1 aromatic carbocycles. The quantitative estimate of drug-likeness (QED) is 0.777. The summed E-state index contributed by atoms with van der Waals surface area (Å²) in [6, 6.07) is 5.26. The van der Waals surface area contributed by atoms with Crippen LogP contribution in [0.5, 0.6) is 0 Å². The van der Waals surface area contributed by atoms with Gasteiger partial charge in [0.25, 0.3) is 0 Å². The standard InChI is InChI=1S/C12H11FN2O2/c1-7-5-8(2)15(14-7)11-6-9(12(16)17)3-4-10(11)13/h3-6H,1-2H3,(H,16,17)/p-1. The molecular weight excluding hydrogens is 223 g/mol. The number of hydrogen-bond acceptors (Lipinski definition) is 3. The third-order valence-electron chi connectivity index (χ3n) is 2.42. The van der Waals surface area contributed by atoms with E-state index < -0.39 is 11.8 Å². The fourth-order valence-electron chi connectivity index (χ4n) is 1.67. The highest BCUT2D eigenvalue weighted by Crippen LogP contribution is 2.17. The van der Waals surface area contributed by atoms with Crippen LogP contribution in [0, 0.1) is 19.7 Å². The molecule has 2 rings (SSSR count). The van der Waals surface area contributed by atoms with Crippen LogP contribution in [0.4, 0.5) is 4.39 Å². The van der Waals surface area contributed by atoms with Gasteiger partial charge in [0.05, 0.1) is 11.7 Å². The number of halogens is 1. The van der Waals surface area contributed by atoms with Gasteiger partial charge in [-0.1, -0.05) is 6.07 Å². The first-order chi connectivity index (χ1) is 7.99. The Hall–Kier alpha value is -2.17. The van der Waals surface area contributed by atoms with Gasteiger partial charge < -0.3 is 9.90 Å². The van der Waals surface area contributed by atoms with E-state index in [1.54, 1.807) is 19.9 Å². The fourth-order valence-corrected chi connectivity index (χ4v) is 1.67. The van der Waals surface area contributed by atoms with Gasteiger partial charge in [-0.05, 0) is 37.6 Å². The molecule has 0 fully saturated rings. The summed E-state index contributed by atoms with van der Waals surface area (Å²) in [7, 11) is 0. The molecule has 0 saturated carbocycles. The van der Waals surface area contributed by atoms with Crippen molar-refractivity contribution in [1.29, 1.82) is 0 Å². The monoisotopic (exact) mass is 233 g/mol. The predicted octanol–water partition coefficient (Wildman–Crippen LogP) is 0.992. The van der Waals surface area contributed by atoms with Gasteiger partial charge in [0.2, 0.25) is 0 Å². The lowest BCUT2D eigenvalue weighted by Gasteiger charge is -2.09. The number of benzene rings is 1. The van der Waals surface area contributed by atoms with Crippen molar-refractivity contribution in [3.05, 3.63) is 47.0 Å². The molecule has 0 spiro atoms. The van der Waals surface area contributed by atoms with E-state index in [1.807, 2.05) is 0 Å². The second kappa shape index (κ2) is 4.01. The highest BCUT2D eigenvalue weighted by Gasteiger charge is 2.10. The number of hydrogen-bond donors (Lipinski definition) is 0. The Labute approximate surface area is 97.3 Å². The molecule has 0 aliphatic rings. The first-order valence-corrected chi connectivity index (χ1v) is 5.03. The normalized spacial score (nSPS) is 10.5. The van der Waals surface area contributed by atoms with Gasteiger partial charge in [-0.3, -0.25) is 0 Å². The lowest BCUT2D eigenvalue weighted by Crippen LogP contribution is -2.22. The summed E-state index contributed by atoms with van der Waals surface area (Å²) in [5.74, 6) is -1.87. The molecular formula is C12H10FN2O2-. The molecule has 1 heterocycles. The minimum Gasteiger partial charge on any atom is -0.545 e. The maximum atomic E-state index is 13.6. The molecule has 4 nitrogen and oxygen atoms in total. The van der Waals surface area contributed by atoms with Gasteiger partial charge in [0, 0.05) is 5.69 Å². The highest BCUT2D eigenvalue weighted by molar-refractivity contribution is 5.86. The van der Waals surface area contributed by atoms with E-state index in [-0.39, 0.29) is 11.3 Å². The Kier molecular flexibility index (Phi) is 2.67. The Morgan fingerprint density at radius 1 is 1.35 bits per heavy atom. The average molecular weight is 233 g/mol. The van der Waals surface area contributed by atoms with Gasteiger partial charge in [0.15, 0.2) is 0 Å². The minimum atomic E-state index is -1.34.